The van der Waals surface area contributed by atoms with E-state index in [2.05, 4.69) is 5.32 Å². The average Bonchev–Trinajstić information content (AvgIpc) is 2.55. The molecule has 0 bridgehead atoms. The molecule has 0 aliphatic heterocycles. The molecule has 3 aromatic carbocycles. The molecule has 1 N–H and O–H groups in total. The molecule has 0 aliphatic rings. The summed E-state index contributed by atoms with van der Waals surface area (Å²) in [6, 6.07) is 19.5. The van der Waals surface area contributed by atoms with Gasteiger partial charge in [0.25, 0.3) is 5.69 Å². The number of nitro groups is 1. The molecule has 0 aromatic heterocycles. The van der Waals surface area contributed by atoms with Crippen molar-refractivity contribution in [2.75, 3.05) is 5.32 Å². The second-order valence-corrected chi connectivity index (χ2v) is 4.75. The molecule has 5 nitrogen and oxygen atoms in total. The summed E-state index contributed by atoms with van der Waals surface area (Å²) in [5.74, 6) is 0. The van der Waals surface area contributed by atoms with E-state index in [0.29, 0.717) is 16.9 Å². The van der Waals surface area contributed by atoms with Crippen LogP contribution in [0.25, 0.3) is 10.8 Å². The smallest absolute Gasteiger partial charge is 0.293 e. The zero-order chi connectivity index (χ0) is 15.5. The Morgan fingerprint density at radius 2 is 1.73 bits per heavy atom. The number of rotatable bonds is 3. The van der Waals surface area contributed by atoms with Gasteiger partial charge in [-0.05, 0) is 35.7 Å². The number of nitrogens with zero attached hydrogens (tertiary/aromatic N) is 2. The Hall–Kier alpha value is -3.39. The fourth-order valence-corrected chi connectivity index (χ4v) is 2.32. The van der Waals surface area contributed by atoms with Gasteiger partial charge in [-0.15, -0.1) is 0 Å². The van der Waals surface area contributed by atoms with Crippen molar-refractivity contribution in [3.05, 3.63) is 76.3 Å². The molecular formula is C17H11N3O2. The maximum atomic E-state index is 11.3. The summed E-state index contributed by atoms with van der Waals surface area (Å²) in [4.78, 5) is 10.9. The van der Waals surface area contributed by atoms with Crippen LogP contribution >= 0.6 is 0 Å². The number of hydrogen-bond donors (Lipinski definition) is 1. The van der Waals surface area contributed by atoms with E-state index in [1.807, 2.05) is 30.3 Å². The van der Waals surface area contributed by atoms with E-state index >= 15 is 0 Å². The molecule has 3 rings (SSSR count). The number of hydrogen-bond acceptors (Lipinski definition) is 4. The van der Waals surface area contributed by atoms with Crippen molar-refractivity contribution in [2.45, 2.75) is 0 Å². The van der Waals surface area contributed by atoms with Crippen LogP contribution in [0.2, 0.25) is 0 Å². The standard InChI is InChI=1S/C17H11N3O2/c18-11-12-5-8-14(9-6-12)19-17-15-4-2-1-3-13(15)7-10-16(17)20(21)22/h1-10,19H. The van der Waals surface area contributed by atoms with Crippen LogP contribution in [0.5, 0.6) is 0 Å². The van der Waals surface area contributed by atoms with Crippen molar-refractivity contribution >= 4 is 27.8 Å². The van der Waals surface area contributed by atoms with E-state index in [4.69, 9.17) is 5.26 Å². The molecule has 0 spiro atoms. The van der Waals surface area contributed by atoms with Crippen LogP contribution in [-0.2, 0) is 0 Å². The van der Waals surface area contributed by atoms with Crippen molar-refractivity contribution in [3.8, 4) is 6.07 Å². The van der Waals surface area contributed by atoms with Gasteiger partial charge in [-0.3, -0.25) is 10.1 Å². The van der Waals surface area contributed by atoms with Gasteiger partial charge in [-0.2, -0.15) is 5.26 Å². The first-order valence-electron chi connectivity index (χ1n) is 6.62. The van der Waals surface area contributed by atoms with Crippen LogP contribution in [0, 0.1) is 21.4 Å². The first kappa shape index (κ1) is 13.6. The van der Waals surface area contributed by atoms with Crippen molar-refractivity contribution in [2.24, 2.45) is 0 Å². The molecule has 106 valence electrons. The second-order valence-electron chi connectivity index (χ2n) is 4.75. The number of anilines is 2. The highest BCUT2D eigenvalue weighted by molar-refractivity contribution is 5.99. The van der Waals surface area contributed by atoms with Crippen molar-refractivity contribution in [1.29, 1.82) is 5.26 Å². The maximum absolute atomic E-state index is 11.3. The Kier molecular flexibility index (Phi) is 3.42. The zero-order valence-electron chi connectivity index (χ0n) is 11.5. The van der Waals surface area contributed by atoms with Gasteiger partial charge in [0.15, 0.2) is 0 Å². The van der Waals surface area contributed by atoms with E-state index in [0.717, 1.165) is 10.8 Å². The molecular weight excluding hydrogens is 278 g/mol. The summed E-state index contributed by atoms with van der Waals surface area (Å²) in [5, 5.41) is 24.9. The summed E-state index contributed by atoms with van der Waals surface area (Å²) in [7, 11) is 0. The number of nitrogens with one attached hydrogen (secondary N) is 1. The summed E-state index contributed by atoms with van der Waals surface area (Å²) in [6.45, 7) is 0. The summed E-state index contributed by atoms with van der Waals surface area (Å²) >= 11 is 0. The molecule has 5 heteroatoms. The van der Waals surface area contributed by atoms with Crippen molar-refractivity contribution in [3.63, 3.8) is 0 Å². The van der Waals surface area contributed by atoms with E-state index < -0.39 is 4.92 Å². The van der Waals surface area contributed by atoms with E-state index in [1.165, 1.54) is 6.07 Å². The first-order valence-corrected chi connectivity index (χ1v) is 6.62. The predicted octanol–water partition coefficient (Wildman–Crippen LogP) is 4.36. The monoisotopic (exact) mass is 289 g/mol. The molecule has 0 atom stereocenters. The molecule has 0 saturated carbocycles. The van der Waals surface area contributed by atoms with Crippen LogP contribution < -0.4 is 5.32 Å². The van der Waals surface area contributed by atoms with Gasteiger partial charge < -0.3 is 5.32 Å². The Morgan fingerprint density at radius 3 is 2.41 bits per heavy atom. The van der Waals surface area contributed by atoms with Crippen molar-refractivity contribution < 1.29 is 4.92 Å². The van der Waals surface area contributed by atoms with Crippen LogP contribution in [0.3, 0.4) is 0 Å². The third kappa shape index (κ3) is 2.45. The Balaban J connectivity index is 2.13. The molecule has 0 fully saturated rings. The number of nitro benzene ring substituents is 1. The van der Waals surface area contributed by atoms with E-state index in [1.54, 1.807) is 30.3 Å². The Morgan fingerprint density at radius 1 is 1.00 bits per heavy atom. The Bertz CT molecular complexity index is 896. The molecule has 0 amide bonds. The van der Waals surface area contributed by atoms with Crippen LogP contribution in [0.1, 0.15) is 5.56 Å². The fraction of sp³-hybridized carbons (Fsp3) is 0. The lowest BCUT2D eigenvalue weighted by Gasteiger charge is -2.10. The lowest BCUT2D eigenvalue weighted by atomic mass is 10.1. The highest BCUT2D eigenvalue weighted by atomic mass is 16.6. The normalized spacial score (nSPS) is 10.1. The van der Waals surface area contributed by atoms with Crippen LogP contribution in [0.4, 0.5) is 17.1 Å². The highest BCUT2D eigenvalue weighted by Crippen LogP contribution is 2.35. The first-order chi connectivity index (χ1) is 10.7. The quantitative estimate of drug-likeness (QED) is 0.573. The minimum atomic E-state index is -0.404. The third-order valence-electron chi connectivity index (χ3n) is 3.39. The molecule has 3 aromatic rings. The van der Waals surface area contributed by atoms with Gasteiger partial charge >= 0.3 is 0 Å². The van der Waals surface area contributed by atoms with Gasteiger partial charge in [0, 0.05) is 17.1 Å². The highest BCUT2D eigenvalue weighted by Gasteiger charge is 2.16. The zero-order valence-corrected chi connectivity index (χ0v) is 11.5. The van der Waals surface area contributed by atoms with Crippen LogP contribution in [-0.4, -0.2) is 4.92 Å². The molecule has 0 aliphatic carbocycles. The minimum absolute atomic E-state index is 0.0167. The van der Waals surface area contributed by atoms with Gasteiger partial charge in [-0.25, -0.2) is 0 Å². The van der Waals surface area contributed by atoms with Crippen molar-refractivity contribution in [1.82, 2.24) is 0 Å². The van der Waals surface area contributed by atoms with E-state index in [-0.39, 0.29) is 5.69 Å². The molecule has 0 radical (unpaired) electrons. The number of fused-ring (bicyclic) bond motifs is 1. The Labute approximate surface area is 126 Å². The summed E-state index contributed by atoms with van der Waals surface area (Å²) in [5.41, 5.74) is 1.70. The average molecular weight is 289 g/mol. The topological polar surface area (TPSA) is 79.0 Å². The number of benzene rings is 3. The minimum Gasteiger partial charge on any atom is -0.349 e. The third-order valence-corrected chi connectivity index (χ3v) is 3.39. The molecule has 0 saturated heterocycles. The molecule has 0 unspecified atom stereocenters. The summed E-state index contributed by atoms with van der Waals surface area (Å²) < 4.78 is 0. The van der Waals surface area contributed by atoms with Gasteiger partial charge in [0.05, 0.1) is 16.6 Å². The van der Waals surface area contributed by atoms with Crippen LogP contribution in [0.15, 0.2) is 60.7 Å². The number of nitriles is 1. The van der Waals surface area contributed by atoms with Gasteiger partial charge in [0.2, 0.25) is 0 Å². The second kappa shape index (κ2) is 5.54. The fourth-order valence-electron chi connectivity index (χ4n) is 2.32. The predicted molar refractivity (Wildman–Crippen MR) is 85.0 cm³/mol. The van der Waals surface area contributed by atoms with Gasteiger partial charge in [-0.1, -0.05) is 24.3 Å². The largest absolute Gasteiger partial charge is 0.349 e. The van der Waals surface area contributed by atoms with E-state index in [9.17, 15) is 10.1 Å². The summed E-state index contributed by atoms with van der Waals surface area (Å²) in [6.07, 6.45) is 0. The maximum Gasteiger partial charge on any atom is 0.293 e. The molecule has 0 heterocycles. The lowest BCUT2D eigenvalue weighted by molar-refractivity contribution is -0.383. The van der Waals surface area contributed by atoms with Gasteiger partial charge in [0.1, 0.15) is 5.69 Å². The lowest BCUT2D eigenvalue weighted by Crippen LogP contribution is -1.98. The molecule has 22 heavy (non-hydrogen) atoms. The SMILES string of the molecule is N#Cc1ccc(Nc2c([N+](=O)[O-])ccc3ccccc23)cc1.